The quantitative estimate of drug-likeness (QED) is 0.110. The SMILES string of the molecule is COc1cc(/C=C/Cc2cc(C)cc(C)c2NCc2ccc(CC(=O)Nc3ccc(-n4cnnc4S)cc3)cc2)cc(OC)c1O. The molecule has 10 heteroatoms. The van der Waals surface area contributed by atoms with Gasteiger partial charge in [0, 0.05) is 23.6 Å². The molecule has 5 aromatic rings. The van der Waals surface area contributed by atoms with Crippen LogP contribution in [0.15, 0.2) is 90.4 Å². The van der Waals surface area contributed by atoms with Gasteiger partial charge in [0.25, 0.3) is 0 Å². The Hall–Kier alpha value is -5.22. The van der Waals surface area contributed by atoms with Gasteiger partial charge in [0.15, 0.2) is 16.7 Å². The van der Waals surface area contributed by atoms with Crippen molar-refractivity contribution in [3.63, 3.8) is 0 Å². The van der Waals surface area contributed by atoms with Gasteiger partial charge in [-0.25, -0.2) is 0 Å². The maximum atomic E-state index is 12.7. The lowest BCUT2D eigenvalue weighted by molar-refractivity contribution is -0.115. The smallest absolute Gasteiger partial charge is 0.228 e. The minimum atomic E-state index is -0.0880. The molecule has 0 spiro atoms. The third kappa shape index (κ3) is 7.89. The van der Waals surface area contributed by atoms with E-state index in [1.54, 1.807) is 23.0 Å². The van der Waals surface area contributed by atoms with Gasteiger partial charge in [0.2, 0.25) is 11.7 Å². The molecule has 236 valence electrons. The van der Waals surface area contributed by atoms with Crippen molar-refractivity contribution < 1.29 is 19.4 Å². The van der Waals surface area contributed by atoms with Crippen LogP contribution in [0.25, 0.3) is 11.8 Å². The third-order valence-electron chi connectivity index (χ3n) is 7.53. The highest BCUT2D eigenvalue weighted by atomic mass is 32.1. The van der Waals surface area contributed by atoms with Gasteiger partial charge >= 0.3 is 0 Å². The molecule has 0 saturated carbocycles. The number of methoxy groups -OCH3 is 2. The van der Waals surface area contributed by atoms with Gasteiger partial charge in [-0.05, 0) is 84.5 Å². The van der Waals surface area contributed by atoms with Gasteiger partial charge in [-0.15, -0.1) is 22.8 Å². The fraction of sp³-hybridized carbons (Fsp3) is 0.194. The van der Waals surface area contributed by atoms with Crippen LogP contribution in [0, 0.1) is 13.8 Å². The minimum absolute atomic E-state index is 0.0152. The Balaban J connectivity index is 1.18. The highest BCUT2D eigenvalue weighted by molar-refractivity contribution is 7.80. The summed E-state index contributed by atoms with van der Waals surface area (Å²) >= 11 is 4.29. The van der Waals surface area contributed by atoms with Crippen molar-refractivity contribution in [3.8, 4) is 22.9 Å². The number of anilines is 2. The molecule has 1 heterocycles. The second kappa shape index (κ2) is 14.7. The summed E-state index contributed by atoms with van der Waals surface area (Å²) in [6, 6.07) is 23.4. The highest BCUT2D eigenvalue weighted by Gasteiger charge is 2.11. The van der Waals surface area contributed by atoms with Crippen LogP contribution >= 0.6 is 12.6 Å². The summed E-state index contributed by atoms with van der Waals surface area (Å²) in [6.45, 7) is 4.85. The lowest BCUT2D eigenvalue weighted by Gasteiger charge is -2.16. The molecule has 0 fully saturated rings. The fourth-order valence-corrected chi connectivity index (χ4v) is 5.49. The third-order valence-corrected chi connectivity index (χ3v) is 7.83. The highest BCUT2D eigenvalue weighted by Crippen LogP contribution is 2.37. The van der Waals surface area contributed by atoms with Crippen LogP contribution in [0.1, 0.15) is 33.4 Å². The van der Waals surface area contributed by atoms with E-state index in [-0.39, 0.29) is 18.1 Å². The van der Waals surface area contributed by atoms with Crippen molar-refractivity contribution in [2.75, 3.05) is 24.9 Å². The van der Waals surface area contributed by atoms with E-state index in [2.05, 4.69) is 65.5 Å². The number of thiol groups is 1. The van der Waals surface area contributed by atoms with Gasteiger partial charge in [0.05, 0.1) is 20.6 Å². The predicted molar refractivity (Wildman–Crippen MR) is 185 cm³/mol. The molecule has 0 radical (unpaired) electrons. The molecule has 9 nitrogen and oxygen atoms in total. The fourth-order valence-electron chi connectivity index (χ4n) is 5.27. The number of benzene rings is 4. The Morgan fingerprint density at radius 1 is 0.957 bits per heavy atom. The number of phenolic OH excluding ortho intramolecular Hbond substituents is 1. The summed E-state index contributed by atoms with van der Waals surface area (Å²) in [5.41, 5.74) is 9.13. The number of nitrogens with zero attached hydrogens (tertiary/aromatic N) is 3. The van der Waals surface area contributed by atoms with E-state index in [4.69, 9.17) is 9.47 Å². The molecule has 0 saturated heterocycles. The van der Waals surface area contributed by atoms with Crippen LogP contribution in [0.4, 0.5) is 11.4 Å². The maximum Gasteiger partial charge on any atom is 0.228 e. The molecule has 1 amide bonds. The molecule has 0 aliphatic carbocycles. The first-order valence-corrected chi connectivity index (χ1v) is 15.2. The van der Waals surface area contributed by atoms with Crippen LogP contribution in [0.2, 0.25) is 0 Å². The molecule has 0 aliphatic heterocycles. The summed E-state index contributed by atoms with van der Waals surface area (Å²) in [5.74, 6) is 0.623. The molecular formula is C36H37N5O4S. The van der Waals surface area contributed by atoms with Gasteiger partial charge in [-0.1, -0.05) is 54.1 Å². The van der Waals surface area contributed by atoms with Crippen LogP contribution in [0.5, 0.6) is 17.2 Å². The first kappa shape index (κ1) is 32.2. The van der Waals surface area contributed by atoms with Crippen LogP contribution in [-0.4, -0.2) is 40.0 Å². The Morgan fingerprint density at radius 3 is 2.26 bits per heavy atom. The minimum Gasteiger partial charge on any atom is -0.502 e. The van der Waals surface area contributed by atoms with E-state index < -0.39 is 0 Å². The van der Waals surface area contributed by atoms with Gasteiger partial charge < -0.3 is 25.2 Å². The molecule has 5 rings (SSSR count). The Kier molecular flexibility index (Phi) is 10.3. The average Bonchev–Trinajstić information content (AvgIpc) is 3.47. The van der Waals surface area contributed by atoms with Crippen LogP contribution in [-0.2, 0) is 24.2 Å². The number of aromatic hydroxyl groups is 1. The molecule has 0 bridgehead atoms. The van der Waals surface area contributed by atoms with Gasteiger partial charge in [-0.3, -0.25) is 9.36 Å². The number of ether oxygens (including phenoxy) is 2. The van der Waals surface area contributed by atoms with E-state index in [9.17, 15) is 9.90 Å². The van der Waals surface area contributed by atoms with Gasteiger partial charge in [-0.2, -0.15) is 0 Å². The lowest BCUT2D eigenvalue weighted by Crippen LogP contribution is -2.14. The normalized spacial score (nSPS) is 11.1. The Morgan fingerprint density at radius 2 is 1.63 bits per heavy atom. The summed E-state index contributed by atoms with van der Waals surface area (Å²) in [6.07, 6.45) is 6.66. The first-order chi connectivity index (χ1) is 22.2. The number of nitrogens with one attached hydrogen (secondary N) is 2. The number of carbonyl (C=O) groups excluding carboxylic acids is 1. The summed E-state index contributed by atoms with van der Waals surface area (Å²) < 4.78 is 12.3. The maximum absolute atomic E-state index is 12.7. The van der Waals surface area contributed by atoms with Gasteiger partial charge in [0.1, 0.15) is 6.33 Å². The molecule has 3 N–H and O–H groups in total. The number of phenols is 1. The largest absolute Gasteiger partial charge is 0.502 e. The number of hydrogen-bond donors (Lipinski definition) is 4. The topological polar surface area (TPSA) is 111 Å². The zero-order valence-corrected chi connectivity index (χ0v) is 27.1. The Bertz CT molecular complexity index is 1830. The summed E-state index contributed by atoms with van der Waals surface area (Å²) in [7, 11) is 3.03. The van der Waals surface area contributed by atoms with E-state index in [0.717, 1.165) is 28.1 Å². The number of aryl methyl sites for hydroxylation is 2. The van der Waals surface area contributed by atoms with Crippen molar-refractivity contribution in [3.05, 3.63) is 119 Å². The molecular weight excluding hydrogens is 598 g/mol. The number of hydrogen-bond acceptors (Lipinski definition) is 8. The zero-order chi connectivity index (χ0) is 32.6. The number of carbonyl (C=O) groups is 1. The Labute approximate surface area is 274 Å². The molecule has 4 aromatic carbocycles. The number of aromatic nitrogens is 3. The molecule has 46 heavy (non-hydrogen) atoms. The van der Waals surface area contributed by atoms with Crippen molar-refractivity contribution in [2.45, 2.75) is 38.4 Å². The lowest BCUT2D eigenvalue weighted by atomic mass is 10.0. The summed E-state index contributed by atoms with van der Waals surface area (Å²) in [5, 5.41) is 25.0. The number of amides is 1. The zero-order valence-electron chi connectivity index (χ0n) is 26.2. The van der Waals surface area contributed by atoms with E-state index in [0.29, 0.717) is 35.3 Å². The van der Waals surface area contributed by atoms with E-state index >= 15 is 0 Å². The van der Waals surface area contributed by atoms with Crippen LogP contribution < -0.4 is 20.1 Å². The first-order valence-electron chi connectivity index (χ1n) is 14.8. The van der Waals surface area contributed by atoms with E-state index in [1.165, 1.54) is 30.9 Å². The molecule has 1 aromatic heterocycles. The number of allylic oxidation sites excluding steroid dienone is 1. The molecule has 0 unspecified atom stereocenters. The molecule has 0 atom stereocenters. The van der Waals surface area contributed by atoms with Crippen molar-refractivity contribution in [2.24, 2.45) is 0 Å². The average molecular weight is 636 g/mol. The van der Waals surface area contributed by atoms with Crippen molar-refractivity contribution in [1.29, 1.82) is 0 Å². The van der Waals surface area contributed by atoms with E-state index in [1.807, 2.05) is 54.6 Å². The number of rotatable bonds is 12. The standard InChI is InChI=1S/C36H37N5O4S/c1-23-16-24(2)34(28(17-23)7-5-6-27-18-31(44-3)35(43)32(19-27)45-4)37-21-26-10-8-25(9-11-26)20-33(42)39-29-12-14-30(15-13-29)41-22-38-40-36(41)46/h5-6,8-19,22,37,43H,7,20-21H2,1-4H3,(H,39,42)(H,40,46)/b6-5+. The van der Waals surface area contributed by atoms with Crippen molar-refractivity contribution >= 4 is 36.0 Å². The van der Waals surface area contributed by atoms with Crippen LogP contribution in [0.3, 0.4) is 0 Å². The monoisotopic (exact) mass is 635 g/mol. The van der Waals surface area contributed by atoms with Crippen molar-refractivity contribution in [1.82, 2.24) is 14.8 Å². The summed E-state index contributed by atoms with van der Waals surface area (Å²) in [4.78, 5) is 12.7. The second-order valence-corrected chi connectivity index (χ2v) is 11.3. The molecule has 0 aliphatic rings. The second-order valence-electron chi connectivity index (χ2n) is 10.9. The predicted octanol–water partition coefficient (Wildman–Crippen LogP) is 6.94.